The Labute approximate surface area is 179 Å². The number of benzene rings is 2. The van der Waals surface area contributed by atoms with Crippen LogP contribution in [-0.2, 0) is 17.9 Å². The van der Waals surface area contributed by atoms with E-state index in [0.29, 0.717) is 5.75 Å². The van der Waals surface area contributed by atoms with Crippen molar-refractivity contribution >= 4 is 11.8 Å². The molecular formula is C22H25F2N3O2S. The van der Waals surface area contributed by atoms with Gasteiger partial charge in [-0.15, -0.1) is 0 Å². The van der Waals surface area contributed by atoms with Crippen LogP contribution in [0, 0.1) is 17.0 Å². The molecule has 0 bridgehead atoms. The van der Waals surface area contributed by atoms with Crippen molar-refractivity contribution in [3.05, 3.63) is 77.9 Å². The van der Waals surface area contributed by atoms with Gasteiger partial charge in [0.2, 0.25) is 0 Å². The number of aliphatic hydroxyl groups is 1. The van der Waals surface area contributed by atoms with Crippen LogP contribution in [-0.4, -0.2) is 32.7 Å². The van der Waals surface area contributed by atoms with Gasteiger partial charge in [0.15, 0.2) is 0 Å². The monoisotopic (exact) mass is 433 g/mol. The standard InChI is InChI=1S/C22H25F2N3O2S/c1-21(2,13-30-11-16-4-7-18(29-3)8-5-16)22(28,12-27-15-25-14-26-27)19-9-6-17(23)10-20(19)24/h4-10,14-15,28H,11-13H2,1-3H3. The zero-order valence-electron chi connectivity index (χ0n) is 17.2. The molecule has 0 aliphatic heterocycles. The van der Waals surface area contributed by atoms with E-state index in [4.69, 9.17) is 4.74 Å². The summed E-state index contributed by atoms with van der Waals surface area (Å²) in [6.45, 7) is 3.73. The Bertz CT molecular complexity index is 965. The summed E-state index contributed by atoms with van der Waals surface area (Å²) in [7, 11) is 1.62. The second kappa shape index (κ2) is 9.14. The third-order valence-corrected chi connectivity index (χ3v) is 6.71. The van der Waals surface area contributed by atoms with Gasteiger partial charge in [0, 0.05) is 28.6 Å². The van der Waals surface area contributed by atoms with E-state index < -0.39 is 22.7 Å². The Morgan fingerprint density at radius 3 is 2.47 bits per heavy atom. The first kappa shape index (κ1) is 22.2. The molecule has 0 aliphatic rings. The smallest absolute Gasteiger partial charge is 0.137 e. The highest BCUT2D eigenvalue weighted by molar-refractivity contribution is 7.98. The van der Waals surface area contributed by atoms with E-state index in [9.17, 15) is 13.9 Å². The molecule has 0 saturated heterocycles. The topological polar surface area (TPSA) is 60.2 Å². The van der Waals surface area contributed by atoms with Crippen LogP contribution in [0.5, 0.6) is 5.75 Å². The third kappa shape index (κ3) is 4.82. The maximum absolute atomic E-state index is 14.7. The third-order valence-electron chi connectivity index (χ3n) is 5.24. The molecule has 8 heteroatoms. The quantitative estimate of drug-likeness (QED) is 0.542. The molecule has 0 saturated carbocycles. The van der Waals surface area contributed by atoms with Crippen molar-refractivity contribution in [3.8, 4) is 5.75 Å². The summed E-state index contributed by atoms with van der Waals surface area (Å²) in [5, 5.41) is 15.8. The normalized spacial score (nSPS) is 13.8. The van der Waals surface area contributed by atoms with Gasteiger partial charge in [-0.3, -0.25) is 0 Å². The van der Waals surface area contributed by atoms with Crippen LogP contribution in [0.4, 0.5) is 8.78 Å². The van der Waals surface area contributed by atoms with Crippen LogP contribution in [0.15, 0.2) is 55.1 Å². The van der Waals surface area contributed by atoms with Gasteiger partial charge in [0.1, 0.15) is 35.6 Å². The summed E-state index contributed by atoms with van der Waals surface area (Å²) in [6, 6.07) is 11.0. The van der Waals surface area contributed by atoms with Gasteiger partial charge in [-0.2, -0.15) is 16.9 Å². The fourth-order valence-electron chi connectivity index (χ4n) is 3.30. The largest absolute Gasteiger partial charge is 0.497 e. The summed E-state index contributed by atoms with van der Waals surface area (Å²) in [4.78, 5) is 3.91. The minimum atomic E-state index is -1.63. The lowest BCUT2D eigenvalue weighted by Gasteiger charge is -2.43. The highest BCUT2D eigenvalue weighted by Gasteiger charge is 2.47. The first-order chi connectivity index (χ1) is 14.2. The molecule has 1 aromatic heterocycles. The van der Waals surface area contributed by atoms with Gasteiger partial charge in [-0.05, 0) is 23.8 Å². The Hall–Kier alpha value is -2.45. The maximum Gasteiger partial charge on any atom is 0.137 e. The number of hydrogen-bond donors (Lipinski definition) is 1. The fraction of sp³-hybridized carbons (Fsp3) is 0.364. The Kier molecular flexibility index (Phi) is 6.77. The van der Waals surface area contributed by atoms with E-state index in [1.165, 1.54) is 23.4 Å². The van der Waals surface area contributed by atoms with Gasteiger partial charge in [-0.1, -0.05) is 32.0 Å². The molecule has 30 heavy (non-hydrogen) atoms. The van der Waals surface area contributed by atoms with Crippen LogP contribution in [0.25, 0.3) is 0 Å². The predicted molar refractivity (Wildman–Crippen MR) is 113 cm³/mol. The number of hydrogen-bond acceptors (Lipinski definition) is 5. The first-order valence-electron chi connectivity index (χ1n) is 9.46. The van der Waals surface area contributed by atoms with Gasteiger partial charge in [0.25, 0.3) is 0 Å². The molecule has 0 radical (unpaired) electrons. The van der Waals surface area contributed by atoms with Crippen molar-refractivity contribution in [2.75, 3.05) is 12.9 Å². The lowest BCUT2D eigenvalue weighted by molar-refractivity contribution is -0.0804. The van der Waals surface area contributed by atoms with Crippen molar-refractivity contribution in [1.29, 1.82) is 0 Å². The number of nitrogens with zero attached hydrogens (tertiary/aromatic N) is 3. The number of aromatic nitrogens is 3. The molecule has 0 amide bonds. The molecule has 0 spiro atoms. The van der Waals surface area contributed by atoms with Crippen molar-refractivity contribution < 1.29 is 18.6 Å². The van der Waals surface area contributed by atoms with Crippen molar-refractivity contribution in [2.45, 2.75) is 31.7 Å². The summed E-state index contributed by atoms with van der Waals surface area (Å²) in [5.41, 5.74) is -1.25. The minimum absolute atomic E-state index is 0.00829. The lowest BCUT2D eigenvalue weighted by atomic mass is 9.71. The molecule has 1 heterocycles. The zero-order valence-corrected chi connectivity index (χ0v) is 18.0. The van der Waals surface area contributed by atoms with Crippen LogP contribution >= 0.6 is 11.8 Å². The first-order valence-corrected chi connectivity index (χ1v) is 10.6. The number of ether oxygens (including phenoxy) is 1. The molecule has 0 fully saturated rings. The van der Waals surface area contributed by atoms with E-state index >= 15 is 0 Å². The lowest BCUT2D eigenvalue weighted by Crippen LogP contribution is -2.47. The molecule has 2 aromatic carbocycles. The van der Waals surface area contributed by atoms with Gasteiger partial charge in [0.05, 0.1) is 13.7 Å². The molecule has 3 aromatic rings. The number of thioether (sulfide) groups is 1. The molecule has 1 unspecified atom stereocenters. The van der Waals surface area contributed by atoms with E-state index in [1.54, 1.807) is 18.9 Å². The minimum Gasteiger partial charge on any atom is -0.497 e. The molecule has 3 rings (SSSR count). The van der Waals surface area contributed by atoms with Crippen LogP contribution in [0.2, 0.25) is 0 Å². The van der Waals surface area contributed by atoms with Crippen LogP contribution in [0.3, 0.4) is 0 Å². The van der Waals surface area contributed by atoms with Crippen molar-refractivity contribution in [1.82, 2.24) is 14.8 Å². The summed E-state index contributed by atoms with van der Waals surface area (Å²) < 4.78 is 34.8. The van der Waals surface area contributed by atoms with Gasteiger partial charge >= 0.3 is 0 Å². The van der Waals surface area contributed by atoms with Crippen molar-refractivity contribution in [3.63, 3.8) is 0 Å². The summed E-state index contributed by atoms with van der Waals surface area (Å²) >= 11 is 1.63. The number of rotatable bonds is 9. The van der Waals surface area contributed by atoms with E-state index in [2.05, 4.69) is 10.1 Å². The van der Waals surface area contributed by atoms with Crippen LogP contribution < -0.4 is 4.74 Å². The highest BCUT2D eigenvalue weighted by atomic mass is 32.2. The Morgan fingerprint density at radius 1 is 1.13 bits per heavy atom. The molecular weight excluding hydrogens is 408 g/mol. The highest BCUT2D eigenvalue weighted by Crippen LogP contribution is 2.44. The Balaban J connectivity index is 1.83. The predicted octanol–water partition coefficient (Wildman–Crippen LogP) is 4.41. The molecule has 160 valence electrons. The molecule has 0 aliphatic carbocycles. The average molecular weight is 434 g/mol. The maximum atomic E-state index is 14.7. The van der Waals surface area contributed by atoms with E-state index in [1.807, 2.05) is 38.1 Å². The van der Waals surface area contributed by atoms with Crippen molar-refractivity contribution in [2.24, 2.45) is 5.41 Å². The second-order valence-electron chi connectivity index (χ2n) is 7.80. The second-order valence-corrected chi connectivity index (χ2v) is 8.79. The zero-order chi connectivity index (χ0) is 21.8. The Morgan fingerprint density at radius 2 is 1.87 bits per heavy atom. The fourth-order valence-corrected chi connectivity index (χ4v) is 4.58. The molecule has 1 atom stereocenters. The van der Waals surface area contributed by atoms with Crippen LogP contribution in [0.1, 0.15) is 25.0 Å². The summed E-state index contributed by atoms with van der Waals surface area (Å²) in [6.07, 6.45) is 2.82. The van der Waals surface area contributed by atoms with Gasteiger partial charge in [-0.25, -0.2) is 18.4 Å². The number of methoxy groups -OCH3 is 1. The molecule has 1 N–H and O–H groups in total. The van der Waals surface area contributed by atoms with E-state index in [0.717, 1.165) is 29.2 Å². The van der Waals surface area contributed by atoms with Gasteiger partial charge < -0.3 is 9.84 Å². The summed E-state index contributed by atoms with van der Waals surface area (Å²) in [5.74, 6) is 0.565. The van der Waals surface area contributed by atoms with E-state index in [-0.39, 0.29) is 12.1 Å². The average Bonchev–Trinajstić information content (AvgIpc) is 3.21. The number of halogens is 2. The molecule has 5 nitrogen and oxygen atoms in total. The SMILES string of the molecule is COc1ccc(CSCC(C)(C)C(O)(Cn2cncn2)c2ccc(F)cc2F)cc1.